The minimum Gasteiger partial charge on any atom is -0.322 e. The van der Waals surface area contributed by atoms with Crippen molar-refractivity contribution in [3.05, 3.63) is 34.4 Å². The summed E-state index contributed by atoms with van der Waals surface area (Å²) in [6, 6.07) is 5.19. The predicted octanol–water partition coefficient (Wildman–Crippen LogP) is 1.20. The number of hydrogen-bond donors (Lipinski definition) is 1. The van der Waals surface area contributed by atoms with Gasteiger partial charge in [0.05, 0.1) is 11.6 Å². The summed E-state index contributed by atoms with van der Waals surface area (Å²) in [5.74, 6) is -0.508. The number of benzene rings is 1. The highest BCUT2D eigenvalue weighted by Crippen LogP contribution is 2.43. The first-order valence-corrected chi connectivity index (χ1v) is 7.80. The maximum atomic E-state index is 12.6. The Hall–Kier alpha value is -2.68. The third-order valence-electron chi connectivity index (χ3n) is 4.83. The average molecular weight is 309 g/mol. The van der Waals surface area contributed by atoms with Gasteiger partial charge in [-0.05, 0) is 42.4 Å². The van der Waals surface area contributed by atoms with Crippen molar-refractivity contribution >= 4 is 17.7 Å². The second-order valence-electron chi connectivity index (χ2n) is 6.38. The Morgan fingerprint density at radius 3 is 2.61 bits per heavy atom. The van der Waals surface area contributed by atoms with Crippen LogP contribution in [0.25, 0.3) is 0 Å². The molecule has 1 unspecified atom stereocenters. The largest absolute Gasteiger partial charge is 0.322 e. The summed E-state index contributed by atoms with van der Waals surface area (Å²) >= 11 is 0. The summed E-state index contributed by atoms with van der Waals surface area (Å²) in [7, 11) is 0. The van der Waals surface area contributed by atoms with Gasteiger partial charge in [-0.15, -0.1) is 0 Å². The number of rotatable bonds is 2. The van der Waals surface area contributed by atoms with Gasteiger partial charge in [-0.25, -0.2) is 0 Å². The standard InChI is InChI=1S/C17H15N3O3/c18-7-10-5-13-11(6-12(10)9-1-2-9)8-20(17(13)23)14-3-4-15(21)19-16(14)22/h5-6,9,14H,1-4,8H2,(H,19,21,22). The van der Waals surface area contributed by atoms with Crippen molar-refractivity contribution in [2.45, 2.75) is 44.2 Å². The molecule has 1 atom stereocenters. The van der Waals surface area contributed by atoms with Crippen LogP contribution in [0.3, 0.4) is 0 Å². The summed E-state index contributed by atoms with van der Waals surface area (Å²) in [6.07, 6.45) is 2.76. The molecule has 1 aliphatic carbocycles. The lowest BCUT2D eigenvalue weighted by Gasteiger charge is -2.29. The average Bonchev–Trinajstić information content (AvgIpc) is 3.32. The number of carbonyl (C=O) groups excluding carboxylic acids is 3. The summed E-state index contributed by atoms with van der Waals surface area (Å²) in [5.41, 5.74) is 2.96. The molecule has 1 aromatic carbocycles. The molecule has 0 radical (unpaired) electrons. The quantitative estimate of drug-likeness (QED) is 0.831. The lowest BCUT2D eigenvalue weighted by molar-refractivity contribution is -0.136. The van der Waals surface area contributed by atoms with Crippen molar-refractivity contribution in [1.82, 2.24) is 10.2 Å². The maximum absolute atomic E-state index is 12.6. The molecule has 4 rings (SSSR count). The molecule has 0 bridgehead atoms. The summed E-state index contributed by atoms with van der Waals surface area (Å²) < 4.78 is 0. The van der Waals surface area contributed by atoms with E-state index in [1.807, 2.05) is 6.07 Å². The lowest BCUT2D eigenvalue weighted by atomic mass is 9.97. The van der Waals surface area contributed by atoms with Crippen LogP contribution in [0, 0.1) is 11.3 Å². The monoisotopic (exact) mass is 309 g/mol. The van der Waals surface area contributed by atoms with E-state index >= 15 is 0 Å². The van der Waals surface area contributed by atoms with E-state index < -0.39 is 11.9 Å². The van der Waals surface area contributed by atoms with Crippen LogP contribution in [0.4, 0.5) is 0 Å². The summed E-state index contributed by atoms with van der Waals surface area (Å²) in [5, 5.41) is 11.6. The third kappa shape index (κ3) is 2.20. The highest BCUT2D eigenvalue weighted by Gasteiger charge is 2.40. The van der Waals surface area contributed by atoms with E-state index in [0.29, 0.717) is 30.0 Å². The van der Waals surface area contributed by atoms with Crippen molar-refractivity contribution in [2.75, 3.05) is 0 Å². The molecule has 2 aliphatic heterocycles. The topological polar surface area (TPSA) is 90.3 Å². The van der Waals surface area contributed by atoms with Crippen molar-refractivity contribution in [1.29, 1.82) is 5.26 Å². The highest BCUT2D eigenvalue weighted by molar-refractivity contribution is 6.05. The number of nitrogens with one attached hydrogen (secondary N) is 1. The van der Waals surface area contributed by atoms with Crippen molar-refractivity contribution in [3.8, 4) is 6.07 Å². The third-order valence-corrected chi connectivity index (χ3v) is 4.83. The Labute approximate surface area is 133 Å². The van der Waals surface area contributed by atoms with Gasteiger partial charge in [-0.3, -0.25) is 19.7 Å². The van der Waals surface area contributed by atoms with Crippen molar-refractivity contribution < 1.29 is 14.4 Å². The Morgan fingerprint density at radius 1 is 1.17 bits per heavy atom. The Bertz CT molecular complexity index is 789. The molecule has 1 N–H and O–H groups in total. The number of fused-ring (bicyclic) bond motifs is 1. The van der Waals surface area contributed by atoms with Crippen LogP contribution in [0.5, 0.6) is 0 Å². The van der Waals surface area contributed by atoms with Gasteiger partial charge in [0, 0.05) is 18.5 Å². The SMILES string of the molecule is N#Cc1cc2c(cc1C1CC1)CN(C1CCC(=O)NC1=O)C2=O. The number of piperidine rings is 1. The molecule has 0 spiro atoms. The second kappa shape index (κ2) is 4.92. The van der Waals surface area contributed by atoms with E-state index in [1.54, 1.807) is 6.07 Å². The van der Waals surface area contributed by atoms with Crippen LogP contribution in [-0.2, 0) is 16.1 Å². The highest BCUT2D eigenvalue weighted by atomic mass is 16.2. The van der Waals surface area contributed by atoms with Crippen LogP contribution in [0.2, 0.25) is 0 Å². The van der Waals surface area contributed by atoms with Crippen LogP contribution >= 0.6 is 0 Å². The van der Waals surface area contributed by atoms with Gasteiger partial charge < -0.3 is 4.90 Å². The summed E-state index contributed by atoms with van der Waals surface area (Å²) in [6.45, 7) is 0.367. The number of imide groups is 1. The normalized spacial score (nSPS) is 23.5. The van der Waals surface area contributed by atoms with Crippen LogP contribution in [0.15, 0.2) is 12.1 Å². The molecular formula is C17H15N3O3. The number of nitriles is 1. The van der Waals surface area contributed by atoms with Gasteiger partial charge in [-0.2, -0.15) is 5.26 Å². The molecule has 1 saturated heterocycles. The molecule has 0 aromatic heterocycles. The van der Waals surface area contributed by atoms with E-state index in [-0.39, 0.29) is 18.2 Å². The van der Waals surface area contributed by atoms with Crippen molar-refractivity contribution in [2.24, 2.45) is 0 Å². The fourth-order valence-electron chi connectivity index (χ4n) is 3.46. The molecule has 1 saturated carbocycles. The molecule has 2 heterocycles. The Morgan fingerprint density at radius 2 is 1.96 bits per heavy atom. The van der Waals surface area contributed by atoms with Crippen LogP contribution < -0.4 is 5.32 Å². The molecule has 3 amide bonds. The second-order valence-corrected chi connectivity index (χ2v) is 6.38. The number of hydrogen-bond acceptors (Lipinski definition) is 4. The van der Waals surface area contributed by atoms with E-state index in [4.69, 9.17) is 0 Å². The van der Waals surface area contributed by atoms with Gasteiger partial charge in [0.2, 0.25) is 11.8 Å². The number of carbonyl (C=O) groups is 3. The fourth-order valence-corrected chi connectivity index (χ4v) is 3.46. The first kappa shape index (κ1) is 13.9. The van der Waals surface area contributed by atoms with Gasteiger partial charge >= 0.3 is 0 Å². The van der Waals surface area contributed by atoms with Crippen LogP contribution in [0.1, 0.15) is 58.6 Å². The zero-order chi connectivity index (χ0) is 16.1. The van der Waals surface area contributed by atoms with Crippen molar-refractivity contribution in [3.63, 3.8) is 0 Å². The van der Waals surface area contributed by atoms with Crippen LogP contribution in [-0.4, -0.2) is 28.7 Å². The zero-order valence-corrected chi connectivity index (χ0v) is 12.5. The van der Waals surface area contributed by atoms with Gasteiger partial charge in [0.15, 0.2) is 0 Å². The minimum absolute atomic E-state index is 0.228. The Balaban J connectivity index is 1.67. The lowest BCUT2D eigenvalue weighted by Crippen LogP contribution is -2.52. The predicted molar refractivity (Wildman–Crippen MR) is 79.2 cm³/mol. The first-order valence-electron chi connectivity index (χ1n) is 7.80. The maximum Gasteiger partial charge on any atom is 0.255 e. The van der Waals surface area contributed by atoms with E-state index in [1.165, 1.54) is 4.90 Å². The van der Waals surface area contributed by atoms with Gasteiger partial charge in [0.1, 0.15) is 6.04 Å². The number of nitrogens with zero attached hydrogens (tertiary/aromatic N) is 2. The van der Waals surface area contributed by atoms with E-state index in [9.17, 15) is 19.6 Å². The molecule has 23 heavy (non-hydrogen) atoms. The molecule has 6 nitrogen and oxygen atoms in total. The van der Waals surface area contributed by atoms with E-state index in [2.05, 4.69) is 11.4 Å². The first-order chi connectivity index (χ1) is 11.1. The molecule has 6 heteroatoms. The van der Waals surface area contributed by atoms with E-state index in [0.717, 1.165) is 24.0 Å². The molecule has 2 fully saturated rings. The molecular weight excluding hydrogens is 294 g/mol. The molecule has 1 aromatic rings. The van der Waals surface area contributed by atoms with Gasteiger partial charge in [0.25, 0.3) is 5.91 Å². The number of amides is 3. The summed E-state index contributed by atoms with van der Waals surface area (Å²) in [4.78, 5) is 37.4. The molecule has 3 aliphatic rings. The minimum atomic E-state index is -0.609. The van der Waals surface area contributed by atoms with Gasteiger partial charge in [-0.1, -0.05) is 6.07 Å². The Kier molecular flexibility index (Phi) is 2.98. The smallest absolute Gasteiger partial charge is 0.255 e. The molecule has 116 valence electrons. The fraction of sp³-hybridized carbons (Fsp3) is 0.412. The zero-order valence-electron chi connectivity index (χ0n) is 12.5.